The van der Waals surface area contributed by atoms with Gasteiger partial charge in [0.2, 0.25) is 5.91 Å². The lowest BCUT2D eigenvalue weighted by Gasteiger charge is -2.46. The molecule has 5 heteroatoms. The van der Waals surface area contributed by atoms with E-state index >= 15 is 0 Å². The Balaban J connectivity index is 1.77. The number of hydrogen-bond acceptors (Lipinski definition) is 3. The number of carbonyl (C=O) groups is 1. The van der Waals surface area contributed by atoms with Crippen molar-refractivity contribution in [3.63, 3.8) is 0 Å². The molecule has 4 aliphatic rings. The third-order valence-electron chi connectivity index (χ3n) is 4.96. The summed E-state index contributed by atoms with van der Waals surface area (Å²) in [4.78, 5) is 14.6. The Bertz CT molecular complexity index is 604. The van der Waals surface area contributed by atoms with Crippen molar-refractivity contribution in [2.24, 2.45) is 11.0 Å². The fraction of sp³-hybridized carbons (Fsp3) is 0.500. The number of nitrogens with zero attached hydrogens (tertiary/aromatic N) is 3. The Labute approximate surface area is 132 Å². The van der Waals surface area contributed by atoms with E-state index in [0.29, 0.717) is 5.92 Å². The van der Waals surface area contributed by atoms with Gasteiger partial charge in [0.1, 0.15) is 6.04 Å². The molecule has 3 saturated heterocycles. The van der Waals surface area contributed by atoms with E-state index in [9.17, 15) is 4.79 Å². The van der Waals surface area contributed by atoms with Gasteiger partial charge < -0.3 is 0 Å². The summed E-state index contributed by atoms with van der Waals surface area (Å²) in [6, 6.07) is 8.61. The Morgan fingerprint density at radius 1 is 1.19 bits per heavy atom. The second-order valence-corrected chi connectivity index (χ2v) is 7.06. The van der Waals surface area contributed by atoms with E-state index in [1.165, 1.54) is 24.1 Å². The zero-order chi connectivity index (χ0) is 14.6. The number of hydrogen-bond donors (Lipinski definition) is 0. The molecule has 1 aromatic carbocycles. The molecule has 0 aromatic heterocycles. The maximum atomic E-state index is 12.1. The molecule has 0 unspecified atom stereocenters. The molecule has 0 saturated carbocycles. The van der Waals surface area contributed by atoms with E-state index < -0.39 is 0 Å². The zero-order valence-electron chi connectivity index (χ0n) is 12.0. The first-order valence-corrected chi connectivity index (χ1v) is 8.32. The first-order chi connectivity index (χ1) is 10.1. The summed E-state index contributed by atoms with van der Waals surface area (Å²) in [7, 11) is 0. The van der Waals surface area contributed by atoms with E-state index in [4.69, 9.17) is 5.10 Å². The zero-order valence-corrected chi connectivity index (χ0v) is 13.6. The number of fused-ring (bicyclic) bond motifs is 2. The summed E-state index contributed by atoms with van der Waals surface area (Å²) in [5.74, 6) is 0.604. The molecule has 0 aliphatic carbocycles. The van der Waals surface area contributed by atoms with Gasteiger partial charge in [-0.15, -0.1) is 0 Å². The molecule has 0 spiro atoms. The third kappa shape index (κ3) is 2.06. The fourth-order valence-electron chi connectivity index (χ4n) is 3.97. The smallest absolute Gasteiger partial charge is 0.240 e. The minimum Gasteiger partial charge on any atom is -0.293 e. The molecule has 1 aromatic rings. The van der Waals surface area contributed by atoms with E-state index in [0.717, 1.165) is 17.6 Å². The van der Waals surface area contributed by atoms with Crippen LogP contribution < -0.4 is 0 Å². The number of halogens is 1. The molecule has 110 valence electrons. The molecule has 5 rings (SSSR count). The quantitative estimate of drug-likeness (QED) is 0.783. The highest BCUT2D eigenvalue weighted by Gasteiger charge is 2.50. The van der Waals surface area contributed by atoms with Crippen molar-refractivity contribution in [3.8, 4) is 0 Å². The summed E-state index contributed by atoms with van der Waals surface area (Å²) in [5.41, 5.74) is 2.40. The van der Waals surface area contributed by atoms with Crippen molar-refractivity contribution in [1.29, 1.82) is 0 Å². The predicted octanol–water partition coefficient (Wildman–Crippen LogP) is 2.80. The van der Waals surface area contributed by atoms with Crippen LogP contribution in [0.3, 0.4) is 0 Å². The van der Waals surface area contributed by atoms with Crippen LogP contribution in [0.15, 0.2) is 33.8 Å². The number of hydrazone groups is 1. The molecule has 4 aliphatic heterocycles. The minimum absolute atomic E-state index is 0.0328. The maximum absolute atomic E-state index is 12.1. The Morgan fingerprint density at radius 3 is 2.48 bits per heavy atom. The van der Waals surface area contributed by atoms with Gasteiger partial charge in [0.25, 0.3) is 0 Å². The van der Waals surface area contributed by atoms with Crippen LogP contribution in [0, 0.1) is 5.92 Å². The fourth-order valence-corrected chi connectivity index (χ4v) is 4.24. The van der Waals surface area contributed by atoms with Crippen LogP contribution in [-0.2, 0) is 4.79 Å². The van der Waals surface area contributed by atoms with Crippen LogP contribution in [0.25, 0.3) is 0 Å². The molecular weight excluding hydrogens is 330 g/mol. The average Bonchev–Trinajstić information content (AvgIpc) is 2.92. The van der Waals surface area contributed by atoms with Gasteiger partial charge in [0.15, 0.2) is 0 Å². The van der Waals surface area contributed by atoms with Gasteiger partial charge in [-0.05, 0) is 43.6 Å². The van der Waals surface area contributed by atoms with E-state index in [2.05, 4.69) is 33.0 Å². The van der Waals surface area contributed by atoms with Crippen molar-refractivity contribution in [3.05, 3.63) is 34.3 Å². The molecule has 21 heavy (non-hydrogen) atoms. The largest absolute Gasteiger partial charge is 0.293 e. The molecular formula is C16H18BrN3O. The van der Waals surface area contributed by atoms with Crippen LogP contribution >= 0.6 is 15.9 Å². The minimum atomic E-state index is 0.0328. The second kappa shape index (κ2) is 4.92. The summed E-state index contributed by atoms with van der Waals surface area (Å²) in [6.45, 7) is 3.88. The van der Waals surface area contributed by atoms with Crippen LogP contribution in [0.4, 0.5) is 0 Å². The monoisotopic (exact) mass is 347 g/mol. The number of rotatable bonds is 1. The van der Waals surface area contributed by atoms with Crippen molar-refractivity contribution in [2.45, 2.75) is 31.8 Å². The highest BCUT2D eigenvalue weighted by molar-refractivity contribution is 9.10. The van der Waals surface area contributed by atoms with Gasteiger partial charge in [-0.3, -0.25) is 9.69 Å². The topological polar surface area (TPSA) is 35.9 Å². The van der Waals surface area contributed by atoms with Gasteiger partial charge >= 0.3 is 0 Å². The van der Waals surface area contributed by atoms with Crippen molar-refractivity contribution in [1.82, 2.24) is 9.91 Å². The SMILES string of the molecule is CC(=O)N1N=C2C3CCN(CC3)[C@H]2[C@H]1c1ccc(Br)cc1. The molecule has 2 bridgehead atoms. The molecule has 0 N–H and O–H groups in total. The number of benzene rings is 1. The highest BCUT2D eigenvalue weighted by atomic mass is 79.9. The summed E-state index contributed by atoms with van der Waals surface area (Å²) < 4.78 is 1.06. The summed E-state index contributed by atoms with van der Waals surface area (Å²) in [5, 5.41) is 6.43. The molecule has 1 amide bonds. The first kappa shape index (κ1) is 13.5. The second-order valence-electron chi connectivity index (χ2n) is 6.14. The van der Waals surface area contributed by atoms with Crippen LogP contribution in [0.5, 0.6) is 0 Å². The standard InChI is InChI=1S/C16H18BrN3O/c1-10(21)20-15(12-2-4-13(17)5-3-12)16-14(18-20)11-6-8-19(16)9-7-11/h2-5,11,15-16H,6-9H2,1H3/t15-,16-/m1/s1. The van der Waals surface area contributed by atoms with Crippen LogP contribution in [0.2, 0.25) is 0 Å². The lowest BCUT2D eigenvalue weighted by atomic mass is 9.78. The number of carbonyl (C=O) groups excluding carboxylic acids is 1. The summed E-state index contributed by atoms with van der Waals surface area (Å²) >= 11 is 3.48. The van der Waals surface area contributed by atoms with Gasteiger partial charge in [-0.1, -0.05) is 28.1 Å². The average molecular weight is 348 g/mol. The number of piperidine rings is 3. The molecule has 0 radical (unpaired) electrons. The molecule has 3 fully saturated rings. The maximum Gasteiger partial charge on any atom is 0.240 e. The predicted molar refractivity (Wildman–Crippen MR) is 84.9 cm³/mol. The molecule has 4 nitrogen and oxygen atoms in total. The molecule has 2 atom stereocenters. The normalized spacial score (nSPS) is 33.8. The van der Waals surface area contributed by atoms with Crippen LogP contribution in [0.1, 0.15) is 31.4 Å². The van der Waals surface area contributed by atoms with Gasteiger partial charge in [0.05, 0.1) is 11.8 Å². The lowest BCUT2D eigenvalue weighted by Crippen LogP contribution is -2.56. The van der Waals surface area contributed by atoms with E-state index in [1.807, 2.05) is 12.1 Å². The highest BCUT2D eigenvalue weighted by Crippen LogP contribution is 2.43. The van der Waals surface area contributed by atoms with Crippen LogP contribution in [-0.4, -0.2) is 40.7 Å². The first-order valence-electron chi connectivity index (χ1n) is 7.53. The Kier molecular flexibility index (Phi) is 3.15. The Morgan fingerprint density at radius 2 is 1.86 bits per heavy atom. The van der Waals surface area contributed by atoms with E-state index in [1.54, 1.807) is 11.9 Å². The van der Waals surface area contributed by atoms with Crippen molar-refractivity contribution >= 4 is 27.5 Å². The van der Waals surface area contributed by atoms with E-state index in [-0.39, 0.29) is 18.0 Å². The third-order valence-corrected chi connectivity index (χ3v) is 5.49. The van der Waals surface area contributed by atoms with Crippen molar-refractivity contribution < 1.29 is 4.79 Å². The molecule has 4 heterocycles. The lowest BCUT2D eigenvalue weighted by molar-refractivity contribution is -0.131. The number of amides is 1. The van der Waals surface area contributed by atoms with Gasteiger partial charge in [0, 0.05) is 17.3 Å². The Hall–Kier alpha value is -1.20. The summed E-state index contributed by atoms with van der Waals surface area (Å²) in [6.07, 6.45) is 2.38. The van der Waals surface area contributed by atoms with Crippen molar-refractivity contribution in [2.75, 3.05) is 13.1 Å². The van der Waals surface area contributed by atoms with Gasteiger partial charge in [-0.25, -0.2) is 5.01 Å². The van der Waals surface area contributed by atoms with Gasteiger partial charge in [-0.2, -0.15) is 5.10 Å².